The van der Waals surface area contributed by atoms with E-state index in [9.17, 15) is 8.42 Å². The second-order valence-corrected chi connectivity index (χ2v) is 6.65. The molecule has 1 aromatic carbocycles. The molecule has 0 radical (unpaired) electrons. The van der Waals surface area contributed by atoms with Crippen LogP contribution in [0.15, 0.2) is 23.1 Å². The number of ether oxygens (including phenoxy) is 1. The lowest BCUT2D eigenvalue weighted by Crippen LogP contribution is -2.40. The van der Waals surface area contributed by atoms with Crippen molar-refractivity contribution in [3.8, 4) is 0 Å². The minimum absolute atomic E-state index is 0.0570. The zero-order valence-corrected chi connectivity index (χ0v) is 12.2. The van der Waals surface area contributed by atoms with E-state index < -0.39 is 10.0 Å². The Morgan fingerprint density at radius 1 is 1.42 bits per heavy atom. The molecule has 3 N–H and O–H groups in total. The van der Waals surface area contributed by atoms with Gasteiger partial charge in [0.1, 0.15) is 4.90 Å². The average Bonchev–Trinajstić information content (AvgIpc) is 2.74. The van der Waals surface area contributed by atoms with Crippen molar-refractivity contribution in [3.63, 3.8) is 0 Å². The van der Waals surface area contributed by atoms with Crippen molar-refractivity contribution in [3.05, 3.63) is 23.2 Å². The Kier molecular flexibility index (Phi) is 4.35. The molecule has 1 aliphatic carbocycles. The van der Waals surface area contributed by atoms with E-state index in [4.69, 9.17) is 22.1 Å². The fourth-order valence-corrected chi connectivity index (χ4v) is 4.39. The Hall–Kier alpha value is -0.820. The first-order chi connectivity index (χ1) is 8.95. The summed E-state index contributed by atoms with van der Waals surface area (Å²) in [6.45, 7) is 0. The molecule has 1 fully saturated rings. The molecule has 7 heteroatoms. The maximum absolute atomic E-state index is 12.4. The lowest BCUT2D eigenvalue weighted by atomic mass is 10.2. The SMILES string of the molecule is COC1CCCC1NS(=O)(=O)c1c(N)cccc1Cl. The summed E-state index contributed by atoms with van der Waals surface area (Å²) in [7, 11) is -2.15. The number of methoxy groups -OCH3 is 1. The summed E-state index contributed by atoms with van der Waals surface area (Å²) in [5, 5.41) is 0.125. The summed E-state index contributed by atoms with van der Waals surface area (Å²) in [6.07, 6.45) is 2.44. The standard InChI is InChI=1S/C12H17ClN2O3S/c1-18-11-7-3-6-10(11)15-19(16,17)12-8(13)4-2-5-9(12)14/h2,4-5,10-11,15H,3,6-7,14H2,1H3. The van der Waals surface area contributed by atoms with Gasteiger partial charge in [-0.3, -0.25) is 0 Å². The molecule has 0 spiro atoms. The van der Waals surface area contributed by atoms with Crippen LogP contribution in [0.3, 0.4) is 0 Å². The Balaban J connectivity index is 2.28. The average molecular weight is 305 g/mol. The maximum atomic E-state index is 12.4. The largest absolute Gasteiger partial charge is 0.398 e. The molecule has 19 heavy (non-hydrogen) atoms. The van der Waals surface area contributed by atoms with Gasteiger partial charge in [-0.25, -0.2) is 13.1 Å². The van der Waals surface area contributed by atoms with E-state index in [-0.39, 0.29) is 27.8 Å². The minimum Gasteiger partial charge on any atom is -0.398 e. The first-order valence-electron chi connectivity index (χ1n) is 6.05. The third kappa shape index (κ3) is 3.02. The monoisotopic (exact) mass is 304 g/mol. The van der Waals surface area contributed by atoms with Crippen LogP contribution in [0.2, 0.25) is 5.02 Å². The maximum Gasteiger partial charge on any atom is 0.244 e. The molecule has 1 aliphatic rings. The fraction of sp³-hybridized carbons (Fsp3) is 0.500. The Morgan fingerprint density at radius 2 is 2.16 bits per heavy atom. The normalized spacial score (nSPS) is 23.7. The second-order valence-electron chi connectivity index (χ2n) is 4.59. The number of hydrogen-bond donors (Lipinski definition) is 2. The van der Waals surface area contributed by atoms with Crippen molar-refractivity contribution >= 4 is 27.3 Å². The van der Waals surface area contributed by atoms with Crippen molar-refractivity contribution in [1.29, 1.82) is 0 Å². The summed E-state index contributed by atoms with van der Waals surface area (Å²) in [5.74, 6) is 0. The molecular weight excluding hydrogens is 288 g/mol. The van der Waals surface area contributed by atoms with E-state index in [1.807, 2.05) is 0 Å². The van der Waals surface area contributed by atoms with Gasteiger partial charge < -0.3 is 10.5 Å². The first kappa shape index (κ1) is 14.6. The van der Waals surface area contributed by atoms with Crippen molar-refractivity contribution in [2.75, 3.05) is 12.8 Å². The van der Waals surface area contributed by atoms with Gasteiger partial charge in [0.15, 0.2) is 0 Å². The molecule has 5 nitrogen and oxygen atoms in total. The van der Waals surface area contributed by atoms with Crippen LogP contribution in [-0.2, 0) is 14.8 Å². The molecule has 2 unspecified atom stereocenters. The van der Waals surface area contributed by atoms with E-state index in [0.29, 0.717) is 0 Å². The molecule has 1 aromatic rings. The molecular formula is C12H17ClN2O3S. The lowest BCUT2D eigenvalue weighted by molar-refractivity contribution is 0.0916. The van der Waals surface area contributed by atoms with Crippen molar-refractivity contribution in [1.82, 2.24) is 4.72 Å². The van der Waals surface area contributed by atoms with E-state index >= 15 is 0 Å². The first-order valence-corrected chi connectivity index (χ1v) is 7.91. The molecule has 0 aliphatic heterocycles. The number of halogens is 1. The molecule has 106 valence electrons. The predicted molar refractivity (Wildman–Crippen MR) is 74.6 cm³/mol. The zero-order chi connectivity index (χ0) is 14.0. The minimum atomic E-state index is -3.73. The highest BCUT2D eigenvalue weighted by molar-refractivity contribution is 7.89. The van der Waals surface area contributed by atoms with Gasteiger partial charge in [0.2, 0.25) is 10.0 Å². The molecule has 0 aromatic heterocycles. The Labute approximate surface area is 118 Å². The third-order valence-electron chi connectivity index (χ3n) is 3.33. The summed E-state index contributed by atoms with van der Waals surface area (Å²) < 4.78 is 32.6. The number of nitrogen functional groups attached to an aromatic ring is 1. The lowest BCUT2D eigenvalue weighted by Gasteiger charge is -2.20. The quantitative estimate of drug-likeness (QED) is 0.831. The molecule has 0 amide bonds. The Morgan fingerprint density at radius 3 is 2.79 bits per heavy atom. The van der Waals surface area contributed by atoms with Crippen LogP contribution < -0.4 is 10.5 Å². The number of nitrogens with two attached hydrogens (primary N) is 1. The van der Waals surface area contributed by atoms with Crippen molar-refractivity contribution < 1.29 is 13.2 Å². The third-order valence-corrected chi connectivity index (χ3v) is 5.36. The number of hydrogen-bond acceptors (Lipinski definition) is 4. The molecule has 0 bridgehead atoms. The second kappa shape index (κ2) is 5.66. The summed E-state index contributed by atoms with van der Waals surface area (Å²) >= 11 is 5.94. The topological polar surface area (TPSA) is 81.4 Å². The summed E-state index contributed by atoms with van der Waals surface area (Å²) in [4.78, 5) is -0.0570. The number of sulfonamides is 1. The van der Waals surface area contributed by atoms with Crippen LogP contribution in [0.25, 0.3) is 0 Å². The van der Waals surface area contributed by atoms with Gasteiger partial charge in [-0.2, -0.15) is 0 Å². The van der Waals surface area contributed by atoms with Crippen molar-refractivity contribution in [2.45, 2.75) is 36.3 Å². The van der Waals surface area contributed by atoms with Gasteiger partial charge in [-0.1, -0.05) is 17.7 Å². The van der Waals surface area contributed by atoms with Crippen molar-refractivity contribution in [2.24, 2.45) is 0 Å². The van der Waals surface area contributed by atoms with Crippen LogP contribution in [0.1, 0.15) is 19.3 Å². The summed E-state index contributed by atoms with van der Waals surface area (Å²) in [5.41, 5.74) is 5.86. The zero-order valence-electron chi connectivity index (χ0n) is 10.6. The van der Waals surface area contributed by atoms with Gasteiger partial charge in [0, 0.05) is 13.2 Å². The Bertz CT molecular complexity index is 542. The van der Waals surface area contributed by atoms with E-state index in [0.717, 1.165) is 19.3 Å². The van der Waals surface area contributed by atoms with Crippen LogP contribution in [0.5, 0.6) is 0 Å². The number of nitrogens with one attached hydrogen (secondary N) is 1. The van der Waals surface area contributed by atoms with Gasteiger partial charge >= 0.3 is 0 Å². The highest BCUT2D eigenvalue weighted by Crippen LogP contribution is 2.29. The van der Waals surface area contributed by atoms with Gasteiger partial charge in [0.05, 0.1) is 16.8 Å². The molecule has 2 atom stereocenters. The molecule has 0 saturated heterocycles. The van der Waals surface area contributed by atoms with Gasteiger partial charge in [-0.05, 0) is 31.4 Å². The molecule has 0 heterocycles. The van der Waals surface area contributed by atoms with Crippen LogP contribution in [0, 0.1) is 0 Å². The number of benzene rings is 1. The highest BCUT2D eigenvalue weighted by atomic mass is 35.5. The van der Waals surface area contributed by atoms with Crippen LogP contribution in [-0.4, -0.2) is 27.7 Å². The van der Waals surface area contributed by atoms with E-state index in [2.05, 4.69) is 4.72 Å². The smallest absolute Gasteiger partial charge is 0.244 e. The summed E-state index contributed by atoms with van der Waals surface area (Å²) in [6, 6.07) is 4.41. The highest BCUT2D eigenvalue weighted by Gasteiger charge is 2.32. The number of anilines is 1. The molecule has 1 saturated carbocycles. The predicted octanol–water partition coefficient (Wildman–Crippen LogP) is 1.77. The fourth-order valence-electron chi connectivity index (χ4n) is 2.41. The van der Waals surface area contributed by atoms with E-state index in [1.54, 1.807) is 13.2 Å². The van der Waals surface area contributed by atoms with Gasteiger partial charge in [-0.15, -0.1) is 0 Å². The van der Waals surface area contributed by atoms with Gasteiger partial charge in [0.25, 0.3) is 0 Å². The molecule has 2 rings (SSSR count). The van der Waals surface area contributed by atoms with E-state index in [1.165, 1.54) is 12.1 Å². The van der Waals surface area contributed by atoms with Crippen LogP contribution >= 0.6 is 11.6 Å². The van der Waals surface area contributed by atoms with Crippen LogP contribution in [0.4, 0.5) is 5.69 Å². The number of rotatable bonds is 4.